The highest BCUT2D eigenvalue weighted by Gasteiger charge is 2.14. The van der Waals surface area contributed by atoms with Crippen molar-refractivity contribution in [1.82, 2.24) is 0 Å². The van der Waals surface area contributed by atoms with E-state index in [2.05, 4.69) is 0 Å². The maximum atomic E-state index is 11.7. The van der Waals surface area contributed by atoms with E-state index in [0.29, 0.717) is 0 Å². The molecule has 0 fully saturated rings. The Morgan fingerprint density at radius 1 is 0.882 bits per heavy atom. The first-order chi connectivity index (χ1) is 7.81. The summed E-state index contributed by atoms with van der Waals surface area (Å²) in [5, 5.41) is 0. The minimum Gasteiger partial charge on any atom is -0.286 e. The molecule has 0 saturated carbocycles. The van der Waals surface area contributed by atoms with Crippen molar-refractivity contribution in [2.75, 3.05) is 11.5 Å². The Morgan fingerprint density at radius 3 is 1.94 bits per heavy atom. The van der Waals surface area contributed by atoms with Crippen molar-refractivity contribution in [2.24, 2.45) is 0 Å². The maximum absolute atomic E-state index is 11.7. The van der Waals surface area contributed by atoms with Gasteiger partial charge in [-0.05, 0) is 25.0 Å². The van der Waals surface area contributed by atoms with Crippen LogP contribution in [-0.2, 0) is 20.0 Å². The van der Waals surface area contributed by atoms with Crippen LogP contribution in [0.1, 0.15) is 12.8 Å². The van der Waals surface area contributed by atoms with Crippen LogP contribution < -0.4 is 0 Å². The Balaban J connectivity index is 2.53. The van der Waals surface area contributed by atoms with Gasteiger partial charge in [-0.2, -0.15) is 8.42 Å². The highest BCUT2D eigenvalue weighted by Crippen LogP contribution is 2.12. The highest BCUT2D eigenvalue weighted by molar-refractivity contribution is 7.91. The van der Waals surface area contributed by atoms with Gasteiger partial charge in [0.15, 0.2) is 9.84 Å². The van der Waals surface area contributed by atoms with Crippen molar-refractivity contribution >= 4 is 20.0 Å². The minimum absolute atomic E-state index is 0.119. The Hall–Kier alpha value is -0.920. The molecule has 96 valence electrons. The molecule has 1 aromatic carbocycles. The predicted molar refractivity (Wildman–Crippen MR) is 64.1 cm³/mol. The lowest BCUT2D eigenvalue weighted by Crippen LogP contribution is -2.09. The quantitative estimate of drug-likeness (QED) is 0.622. The molecule has 0 bridgehead atoms. The SMILES string of the molecule is O=S(=O)(O)CCCCS(=O)(=O)c1ccccc1. The second kappa shape index (κ2) is 5.61. The first-order valence-corrected chi connectivity index (χ1v) is 8.30. The standard InChI is InChI=1S/C10H14O5S2/c11-16(12,10-6-2-1-3-7-10)8-4-5-9-17(13,14)15/h1-3,6-7H,4-5,8-9H2,(H,13,14,15). The molecule has 0 aromatic heterocycles. The van der Waals surface area contributed by atoms with Crippen molar-refractivity contribution in [1.29, 1.82) is 0 Å². The van der Waals surface area contributed by atoms with Gasteiger partial charge in [-0.15, -0.1) is 0 Å². The smallest absolute Gasteiger partial charge is 0.264 e. The van der Waals surface area contributed by atoms with Crippen LogP contribution in [0.3, 0.4) is 0 Å². The summed E-state index contributed by atoms with van der Waals surface area (Å²) in [6.07, 6.45) is 0.335. The van der Waals surface area contributed by atoms with Crippen molar-refractivity contribution < 1.29 is 21.4 Å². The summed E-state index contributed by atoms with van der Waals surface area (Å²) in [7, 11) is -7.36. The number of sulfone groups is 1. The Kier molecular flexibility index (Phi) is 4.67. The molecule has 1 aromatic rings. The predicted octanol–water partition coefficient (Wildman–Crippen LogP) is 1.13. The number of unbranched alkanes of at least 4 members (excludes halogenated alkanes) is 1. The van der Waals surface area contributed by atoms with Crippen molar-refractivity contribution in [2.45, 2.75) is 17.7 Å². The summed E-state index contributed by atoms with van der Waals surface area (Å²) >= 11 is 0. The monoisotopic (exact) mass is 278 g/mol. The van der Waals surface area contributed by atoms with E-state index in [0.717, 1.165) is 0 Å². The van der Waals surface area contributed by atoms with Crippen LogP contribution in [0.5, 0.6) is 0 Å². The third kappa shape index (κ3) is 5.29. The summed E-state index contributed by atoms with van der Waals surface area (Å²) in [4.78, 5) is 0.229. The molecule has 0 heterocycles. The van der Waals surface area contributed by atoms with Gasteiger partial charge in [0.05, 0.1) is 16.4 Å². The first kappa shape index (κ1) is 14.1. The van der Waals surface area contributed by atoms with Crippen molar-refractivity contribution in [3.05, 3.63) is 30.3 Å². The van der Waals surface area contributed by atoms with Crippen LogP contribution in [0.4, 0.5) is 0 Å². The van der Waals surface area contributed by atoms with Crippen LogP contribution in [0, 0.1) is 0 Å². The second-order valence-corrected chi connectivity index (χ2v) is 7.31. The summed E-state index contributed by atoms with van der Waals surface area (Å²) in [6, 6.07) is 7.98. The molecule has 0 amide bonds. The van der Waals surface area contributed by atoms with E-state index >= 15 is 0 Å². The minimum atomic E-state index is -4.00. The summed E-state index contributed by atoms with van der Waals surface area (Å²) < 4.78 is 52.8. The van der Waals surface area contributed by atoms with Crippen LogP contribution in [0.25, 0.3) is 0 Å². The number of benzene rings is 1. The van der Waals surface area contributed by atoms with Gasteiger partial charge in [0.1, 0.15) is 0 Å². The molecule has 17 heavy (non-hydrogen) atoms. The van der Waals surface area contributed by atoms with E-state index in [-0.39, 0.29) is 23.5 Å². The van der Waals surface area contributed by atoms with Crippen LogP contribution in [-0.4, -0.2) is 32.9 Å². The Labute approximate surface area is 101 Å². The normalized spacial score (nSPS) is 12.5. The van der Waals surface area contributed by atoms with Gasteiger partial charge in [0.25, 0.3) is 10.1 Å². The fourth-order valence-electron chi connectivity index (χ4n) is 1.32. The fraction of sp³-hybridized carbons (Fsp3) is 0.400. The molecular formula is C10H14O5S2. The van der Waals surface area contributed by atoms with Gasteiger partial charge in [0.2, 0.25) is 0 Å². The zero-order valence-electron chi connectivity index (χ0n) is 9.11. The molecule has 0 radical (unpaired) electrons. The van der Waals surface area contributed by atoms with Gasteiger partial charge in [-0.3, -0.25) is 4.55 Å². The zero-order valence-corrected chi connectivity index (χ0v) is 10.7. The number of hydrogen-bond acceptors (Lipinski definition) is 4. The van der Waals surface area contributed by atoms with E-state index < -0.39 is 25.7 Å². The molecule has 0 aliphatic carbocycles. The van der Waals surface area contributed by atoms with Crippen LogP contribution in [0.2, 0.25) is 0 Å². The maximum Gasteiger partial charge on any atom is 0.264 e. The van der Waals surface area contributed by atoms with Crippen molar-refractivity contribution in [3.8, 4) is 0 Å². The third-order valence-corrected chi connectivity index (χ3v) is 4.79. The van der Waals surface area contributed by atoms with Gasteiger partial charge in [0, 0.05) is 0 Å². The summed E-state index contributed by atoms with van der Waals surface area (Å²) in [5.41, 5.74) is 0. The fourth-order valence-corrected chi connectivity index (χ4v) is 3.28. The lowest BCUT2D eigenvalue weighted by atomic mass is 10.4. The summed E-state index contributed by atoms with van der Waals surface area (Å²) in [5.74, 6) is -0.524. The molecule has 0 aliphatic heterocycles. The lowest BCUT2D eigenvalue weighted by molar-refractivity contribution is 0.480. The molecule has 0 saturated heterocycles. The zero-order chi connectivity index (χ0) is 12.9. The van der Waals surface area contributed by atoms with Crippen LogP contribution >= 0.6 is 0 Å². The molecule has 5 nitrogen and oxygen atoms in total. The molecular weight excluding hydrogens is 264 g/mol. The average Bonchev–Trinajstić information content (AvgIpc) is 2.25. The van der Waals surface area contributed by atoms with Gasteiger partial charge >= 0.3 is 0 Å². The van der Waals surface area contributed by atoms with E-state index in [1.54, 1.807) is 18.2 Å². The molecule has 1 N–H and O–H groups in total. The largest absolute Gasteiger partial charge is 0.286 e. The van der Waals surface area contributed by atoms with Gasteiger partial charge in [-0.1, -0.05) is 18.2 Å². The van der Waals surface area contributed by atoms with Crippen LogP contribution in [0.15, 0.2) is 35.2 Å². The van der Waals surface area contributed by atoms with E-state index in [4.69, 9.17) is 4.55 Å². The molecule has 1 rings (SSSR count). The topological polar surface area (TPSA) is 88.5 Å². The Morgan fingerprint density at radius 2 is 1.41 bits per heavy atom. The second-order valence-electron chi connectivity index (χ2n) is 3.63. The van der Waals surface area contributed by atoms with Gasteiger partial charge in [-0.25, -0.2) is 8.42 Å². The molecule has 0 atom stereocenters. The highest BCUT2D eigenvalue weighted by atomic mass is 32.2. The first-order valence-electron chi connectivity index (χ1n) is 5.04. The molecule has 7 heteroatoms. The Bertz CT molecular complexity index is 546. The average molecular weight is 278 g/mol. The number of hydrogen-bond donors (Lipinski definition) is 1. The van der Waals surface area contributed by atoms with E-state index in [1.807, 2.05) is 0 Å². The summed E-state index contributed by atoms with van der Waals surface area (Å²) in [6.45, 7) is 0. The van der Waals surface area contributed by atoms with Crippen molar-refractivity contribution in [3.63, 3.8) is 0 Å². The van der Waals surface area contributed by atoms with Gasteiger partial charge < -0.3 is 0 Å². The van der Waals surface area contributed by atoms with E-state index in [1.165, 1.54) is 12.1 Å². The molecule has 0 aliphatic rings. The number of rotatable bonds is 6. The third-order valence-electron chi connectivity index (χ3n) is 2.17. The molecule has 0 spiro atoms. The molecule has 0 unspecified atom stereocenters. The lowest BCUT2D eigenvalue weighted by Gasteiger charge is -2.03. The van der Waals surface area contributed by atoms with E-state index in [9.17, 15) is 16.8 Å².